The van der Waals surface area contributed by atoms with Crippen LogP contribution in [0.25, 0.3) is 0 Å². The molecule has 15 heavy (non-hydrogen) atoms. The number of anilines is 2. The third-order valence-electron chi connectivity index (χ3n) is 2.42. The lowest BCUT2D eigenvalue weighted by Crippen LogP contribution is -2.45. The third kappa shape index (κ3) is 2.36. The Bertz CT molecular complexity index is 334. The maximum atomic E-state index is 5.65. The maximum Gasteiger partial charge on any atom is 0.134 e. The molecule has 82 valence electrons. The van der Waals surface area contributed by atoms with E-state index in [-0.39, 0.29) is 12.2 Å². The van der Waals surface area contributed by atoms with E-state index in [9.17, 15) is 0 Å². The lowest BCUT2D eigenvalue weighted by Gasteiger charge is -2.35. The van der Waals surface area contributed by atoms with Gasteiger partial charge < -0.3 is 15.4 Å². The largest absolute Gasteiger partial charge is 0.384 e. The summed E-state index contributed by atoms with van der Waals surface area (Å²) in [5, 5.41) is 0. The Kier molecular flexibility index (Phi) is 2.73. The summed E-state index contributed by atoms with van der Waals surface area (Å²) < 4.78 is 5.65. The van der Waals surface area contributed by atoms with Gasteiger partial charge in [0.15, 0.2) is 0 Å². The van der Waals surface area contributed by atoms with Crippen molar-refractivity contribution in [1.82, 2.24) is 9.97 Å². The molecule has 0 radical (unpaired) electrons. The van der Waals surface area contributed by atoms with E-state index in [0.717, 1.165) is 18.9 Å². The first-order valence-corrected chi connectivity index (χ1v) is 5.13. The quantitative estimate of drug-likeness (QED) is 0.735. The molecule has 0 aromatic carbocycles. The Morgan fingerprint density at radius 2 is 2.00 bits per heavy atom. The van der Waals surface area contributed by atoms with Crippen LogP contribution < -0.4 is 10.6 Å². The van der Waals surface area contributed by atoms with Crippen molar-refractivity contribution in [3.05, 3.63) is 12.4 Å². The molecule has 1 aliphatic heterocycles. The van der Waals surface area contributed by atoms with Gasteiger partial charge in [-0.1, -0.05) is 0 Å². The van der Waals surface area contributed by atoms with Crippen LogP contribution in [0.4, 0.5) is 11.6 Å². The molecule has 0 saturated carbocycles. The number of nitrogens with two attached hydrogens (primary N) is 1. The number of nitrogen functional groups attached to an aromatic ring is 1. The summed E-state index contributed by atoms with van der Waals surface area (Å²) in [6.45, 7) is 5.82. The normalized spacial score (nSPS) is 26.7. The van der Waals surface area contributed by atoms with Crippen molar-refractivity contribution in [2.24, 2.45) is 0 Å². The van der Waals surface area contributed by atoms with Crippen LogP contribution in [0.1, 0.15) is 13.8 Å². The summed E-state index contributed by atoms with van der Waals surface area (Å²) in [5.74, 6) is 1.39. The fourth-order valence-corrected chi connectivity index (χ4v) is 1.90. The van der Waals surface area contributed by atoms with Gasteiger partial charge in [0, 0.05) is 19.2 Å². The van der Waals surface area contributed by atoms with Gasteiger partial charge in [0.05, 0.1) is 12.2 Å². The van der Waals surface area contributed by atoms with Crippen LogP contribution in [0.3, 0.4) is 0 Å². The van der Waals surface area contributed by atoms with Gasteiger partial charge in [-0.15, -0.1) is 0 Å². The summed E-state index contributed by atoms with van der Waals surface area (Å²) in [5.41, 5.74) is 5.63. The highest BCUT2D eigenvalue weighted by Gasteiger charge is 2.23. The molecule has 2 heterocycles. The third-order valence-corrected chi connectivity index (χ3v) is 2.42. The van der Waals surface area contributed by atoms with Gasteiger partial charge in [0.2, 0.25) is 0 Å². The number of hydrogen-bond donors (Lipinski definition) is 1. The average Bonchev–Trinajstić information content (AvgIpc) is 2.16. The minimum absolute atomic E-state index is 0.227. The second-order valence-electron chi connectivity index (χ2n) is 3.96. The Morgan fingerprint density at radius 1 is 1.33 bits per heavy atom. The van der Waals surface area contributed by atoms with E-state index in [0.29, 0.717) is 5.82 Å². The van der Waals surface area contributed by atoms with E-state index < -0.39 is 0 Å². The van der Waals surface area contributed by atoms with Crippen LogP contribution in [-0.2, 0) is 4.74 Å². The van der Waals surface area contributed by atoms with Crippen LogP contribution in [0.5, 0.6) is 0 Å². The molecule has 1 aliphatic rings. The van der Waals surface area contributed by atoms with E-state index in [2.05, 4.69) is 28.7 Å². The predicted molar refractivity (Wildman–Crippen MR) is 58.7 cm³/mol. The summed E-state index contributed by atoms with van der Waals surface area (Å²) in [6.07, 6.45) is 1.95. The summed E-state index contributed by atoms with van der Waals surface area (Å²) in [6, 6.07) is 1.80. The topological polar surface area (TPSA) is 64.3 Å². The minimum atomic E-state index is 0.227. The van der Waals surface area contributed by atoms with Crippen LogP contribution >= 0.6 is 0 Å². The monoisotopic (exact) mass is 208 g/mol. The second-order valence-corrected chi connectivity index (χ2v) is 3.96. The molecule has 2 rings (SSSR count). The molecule has 1 fully saturated rings. The molecule has 0 amide bonds. The van der Waals surface area contributed by atoms with Gasteiger partial charge in [-0.05, 0) is 13.8 Å². The molecule has 1 aromatic rings. The van der Waals surface area contributed by atoms with Gasteiger partial charge in [-0.2, -0.15) is 0 Å². The number of ether oxygens (including phenoxy) is 1. The Labute approximate surface area is 89.3 Å². The van der Waals surface area contributed by atoms with Crippen LogP contribution in [-0.4, -0.2) is 35.3 Å². The molecule has 0 unspecified atom stereocenters. The van der Waals surface area contributed by atoms with Crippen molar-refractivity contribution in [3.63, 3.8) is 0 Å². The molecule has 1 saturated heterocycles. The SMILES string of the molecule is C[C@@H]1CN(c2cc(N)ncn2)C[C@@H](C)O1. The Hall–Kier alpha value is -1.36. The lowest BCUT2D eigenvalue weighted by molar-refractivity contribution is -0.00546. The standard InChI is InChI=1S/C10H16N4O/c1-7-4-14(5-8(2)15-7)10-3-9(11)12-6-13-10/h3,6-8H,4-5H2,1-2H3,(H2,11,12,13)/t7-,8-/m1/s1. The number of aromatic nitrogens is 2. The average molecular weight is 208 g/mol. The van der Waals surface area contributed by atoms with Gasteiger partial charge in [-0.25, -0.2) is 9.97 Å². The highest BCUT2D eigenvalue weighted by atomic mass is 16.5. The van der Waals surface area contributed by atoms with Gasteiger partial charge >= 0.3 is 0 Å². The van der Waals surface area contributed by atoms with Crippen LogP contribution in [0, 0.1) is 0 Å². The van der Waals surface area contributed by atoms with Crippen LogP contribution in [0.2, 0.25) is 0 Å². The van der Waals surface area contributed by atoms with E-state index in [1.165, 1.54) is 6.33 Å². The zero-order chi connectivity index (χ0) is 10.8. The molecule has 5 nitrogen and oxygen atoms in total. The van der Waals surface area contributed by atoms with E-state index in [1.807, 2.05) is 0 Å². The summed E-state index contributed by atoms with van der Waals surface area (Å²) in [4.78, 5) is 10.3. The number of rotatable bonds is 1. The van der Waals surface area contributed by atoms with Gasteiger partial charge in [0.25, 0.3) is 0 Å². The van der Waals surface area contributed by atoms with Gasteiger partial charge in [-0.3, -0.25) is 0 Å². The number of morpholine rings is 1. The van der Waals surface area contributed by atoms with E-state index in [1.54, 1.807) is 6.07 Å². The second kappa shape index (κ2) is 4.02. The molecular weight excluding hydrogens is 192 g/mol. The van der Waals surface area contributed by atoms with Crippen molar-refractivity contribution in [1.29, 1.82) is 0 Å². The van der Waals surface area contributed by atoms with E-state index in [4.69, 9.17) is 10.5 Å². The minimum Gasteiger partial charge on any atom is -0.384 e. The number of hydrogen-bond acceptors (Lipinski definition) is 5. The first kappa shape index (κ1) is 10.2. The molecule has 2 atom stereocenters. The number of nitrogens with zero attached hydrogens (tertiary/aromatic N) is 3. The van der Waals surface area contributed by atoms with Crippen molar-refractivity contribution in [2.45, 2.75) is 26.1 Å². The summed E-state index contributed by atoms with van der Waals surface area (Å²) in [7, 11) is 0. The van der Waals surface area contributed by atoms with Crippen molar-refractivity contribution < 1.29 is 4.74 Å². The fraction of sp³-hybridized carbons (Fsp3) is 0.600. The highest BCUT2D eigenvalue weighted by molar-refractivity contribution is 5.46. The van der Waals surface area contributed by atoms with Crippen molar-refractivity contribution in [3.8, 4) is 0 Å². The molecule has 5 heteroatoms. The smallest absolute Gasteiger partial charge is 0.134 e. The molecule has 1 aromatic heterocycles. The Balaban J connectivity index is 2.16. The fourth-order valence-electron chi connectivity index (χ4n) is 1.90. The van der Waals surface area contributed by atoms with Crippen molar-refractivity contribution >= 4 is 11.6 Å². The molecule has 0 bridgehead atoms. The molecule has 0 aliphatic carbocycles. The maximum absolute atomic E-state index is 5.65. The summed E-state index contributed by atoms with van der Waals surface area (Å²) >= 11 is 0. The lowest BCUT2D eigenvalue weighted by atomic mass is 10.2. The highest BCUT2D eigenvalue weighted by Crippen LogP contribution is 2.18. The first-order valence-electron chi connectivity index (χ1n) is 5.13. The van der Waals surface area contributed by atoms with E-state index >= 15 is 0 Å². The predicted octanol–water partition coefficient (Wildman–Crippen LogP) is 0.672. The zero-order valence-corrected chi connectivity index (χ0v) is 9.05. The van der Waals surface area contributed by atoms with Crippen molar-refractivity contribution in [2.75, 3.05) is 23.7 Å². The van der Waals surface area contributed by atoms with Crippen LogP contribution in [0.15, 0.2) is 12.4 Å². The molecule has 2 N–H and O–H groups in total. The molecule has 0 spiro atoms. The molecular formula is C10H16N4O. The van der Waals surface area contributed by atoms with Gasteiger partial charge in [0.1, 0.15) is 18.0 Å². The Morgan fingerprint density at radius 3 is 2.60 bits per heavy atom. The first-order chi connectivity index (χ1) is 7.15. The zero-order valence-electron chi connectivity index (χ0n) is 9.05.